The highest BCUT2D eigenvalue weighted by molar-refractivity contribution is 5.86. The molecule has 1 aromatic heterocycles. The molecule has 5 nitrogen and oxygen atoms in total. The van der Waals surface area contributed by atoms with E-state index in [0.29, 0.717) is 5.82 Å². The van der Waals surface area contributed by atoms with Crippen LogP contribution >= 0.6 is 0 Å². The predicted molar refractivity (Wildman–Crippen MR) is 81.3 cm³/mol. The number of carbonyl (C=O) groups excluding carboxylic acids is 1. The summed E-state index contributed by atoms with van der Waals surface area (Å²) in [6.07, 6.45) is 0. The lowest BCUT2D eigenvalue weighted by atomic mass is 10.0. The summed E-state index contributed by atoms with van der Waals surface area (Å²) in [6.45, 7) is 6.21. The van der Waals surface area contributed by atoms with Crippen molar-refractivity contribution < 1.29 is 9.53 Å². The first kappa shape index (κ1) is 15.0. The molecule has 1 atom stereocenters. The summed E-state index contributed by atoms with van der Waals surface area (Å²) < 4.78 is 4.59. The maximum absolute atomic E-state index is 11.3. The van der Waals surface area contributed by atoms with E-state index < -0.39 is 5.97 Å². The minimum atomic E-state index is -0.489. The summed E-state index contributed by atoms with van der Waals surface area (Å²) >= 11 is 0. The van der Waals surface area contributed by atoms with Crippen molar-refractivity contribution in [3.63, 3.8) is 0 Å². The van der Waals surface area contributed by atoms with Crippen molar-refractivity contribution in [2.45, 2.75) is 26.8 Å². The minimum absolute atomic E-state index is 0.0990. The van der Waals surface area contributed by atoms with E-state index in [9.17, 15) is 4.79 Å². The minimum Gasteiger partial charge on any atom is -0.464 e. The van der Waals surface area contributed by atoms with Gasteiger partial charge in [-0.3, -0.25) is 0 Å². The summed E-state index contributed by atoms with van der Waals surface area (Å²) in [5.74, 6) is 0.130. The van der Waals surface area contributed by atoms with Gasteiger partial charge in [-0.05, 0) is 38.5 Å². The number of methoxy groups -OCH3 is 1. The van der Waals surface area contributed by atoms with Gasteiger partial charge >= 0.3 is 5.97 Å². The number of esters is 1. The molecule has 1 aromatic carbocycles. The molecule has 1 unspecified atom stereocenters. The molecule has 0 amide bonds. The van der Waals surface area contributed by atoms with Crippen LogP contribution in [0.1, 0.15) is 40.1 Å². The lowest BCUT2D eigenvalue weighted by Crippen LogP contribution is -2.11. The Labute approximate surface area is 124 Å². The van der Waals surface area contributed by atoms with Crippen LogP contribution in [-0.4, -0.2) is 23.3 Å². The molecule has 0 aliphatic rings. The number of ether oxygens (including phenoxy) is 1. The predicted octanol–water partition coefficient (Wildman–Crippen LogP) is 3.05. The fourth-order valence-electron chi connectivity index (χ4n) is 2.19. The van der Waals surface area contributed by atoms with Crippen molar-refractivity contribution in [2.24, 2.45) is 0 Å². The lowest BCUT2D eigenvalue weighted by Gasteiger charge is -2.16. The van der Waals surface area contributed by atoms with Crippen LogP contribution in [0.2, 0.25) is 0 Å². The van der Waals surface area contributed by atoms with Crippen LogP contribution in [0.4, 0.5) is 5.82 Å². The smallest absolute Gasteiger partial charge is 0.358 e. The van der Waals surface area contributed by atoms with Crippen molar-refractivity contribution in [1.82, 2.24) is 10.2 Å². The third kappa shape index (κ3) is 3.78. The van der Waals surface area contributed by atoms with Gasteiger partial charge in [-0.1, -0.05) is 29.3 Å². The van der Waals surface area contributed by atoms with E-state index in [-0.39, 0.29) is 11.7 Å². The Morgan fingerprint density at radius 2 is 1.81 bits per heavy atom. The highest BCUT2D eigenvalue weighted by Gasteiger charge is 2.10. The second-order valence-electron chi connectivity index (χ2n) is 5.08. The van der Waals surface area contributed by atoms with Gasteiger partial charge in [0, 0.05) is 0 Å². The first-order chi connectivity index (χ1) is 9.99. The Bertz CT molecular complexity index is 618. The number of rotatable bonds is 4. The number of hydrogen-bond acceptors (Lipinski definition) is 5. The second-order valence-corrected chi connectivity index (χ2v) is 5.08. The fraction of sp³-hybridized carbons (Fsp3) is 0.312. The number of anilines is 1. The van der Waals surface area contributed by atoms with Crippen molar-refractivity contribution >= 4 is 11.8 Å². The molecule has 0 radical (unpaired) electrons. The zero-order valence-electron chi connectivity index (χ0n) is 12.7. The van der Waals surface area contributed by atoms with Crippen LogP contribution < -0.4 is 5.32 Å². The van der Waals surface area contributed by atoms with Crippen LogP contribution in [-0.2, 0) is 4.74 Å². The highest BCUT2D eigenvalue weighted by atomic mass is 16.5. The highest BCUT2D eigenvalue weighted by Crippen LogP contribution is 2.20. The molecule has 2 aromatic rings. The van der Waals surface area contributed by atoms with Gasteiger partial charge in [-0.25, -0.2) is 4.79 Å². The summed E-state index contributed by atoms with van der Waals surface area (Å²) in [5, 5.41) is 11.1. The van der Waals surface area contributed by atoms with Gasteiger partial charge in [0.2, 0.25) is 0 Å². The Morgan fingerprint density at radius 3 is 2.33 bits per heavy atom. The van der Waals surface area contributed by atoms with E-state index in [4.69, 9.17) is 0 Å². The molecular formula is C16H19N3O2. The molecule has 1 N–H and O–H groups in total. The summed E-state index contributed by atoms with van der Waals surface area (Å²) in [6, 6.07) is 9.83. The van der Waals surface area contributed by atoms with Gasteiger partial charge in [0.05, 0.1) is 13.2 Å². The Kier molecular flexibility index (Phi) is 4.52. The molecule has 21 heavy (non-hydrogen) atoms. The molecule has 0 fully saturated rings. The molecular weight excluding hydrogens is 266 g/mol. The number of aryl methyl sites for hydroxylation is 2. The van der Waals surface area contributed by atoms with E-state index in [1.807, 2.05) is 0 Å². The molecule has 0 saturated carbocycles. The van der Waals surface area contributed by atoms with E-state index in [2.05, 4.69) is 59.2 Å². The first-order valence-electron chi connectivity index (χ1n) is 6.76. The number of benzene rings is 1. The molecule has 0 bridgehead atoms. The topological polar surface area (TPSA) is 64.1 Å². The van der Waals surface area contributed by atoms with Crippen LogP contribution in [0.5, 0.6) is 0 Å². The average molecular weight is 285 g/mol. The number of carbonyl (C=O) groups is 1. The van der Waals surface area contributed by atoms with Crippen LogP contribution in [0, 0.1) is 13.8 Å². The molecule has 0 aliphatic carbocycles. The number of aromatic nitrogens is 2. The van der Waals surface area contributed by atoms with Crippen LogP contribution in [0.3, 0.4) is 0 Å². The molecule has 1 heterocycles. The number of nitrogens with zero attached hydrogens (tertiary/aromatic N) is 2. The van der Waals surface area contributed by atoms with Crippen LogP contribution in [0.25, 0.3) is 0 Å². The largest absolute Gasteiger partial charge is 0.464 e. The summed E-state index contributed by atoms with van der Waals surface area (Å²) in [7, 11) is 1.32. The zero-order chi connectivity index (χ0) is 15.4. The number of nitrogens with one attached hydrogen (secondary N) is 1. The zero-order valence-corrected chi connectivity index (χ0v) is 12.7. The van der Waals surface area contributed by atoms with E-state index >= 15 is 0 Å². The molecule has 0 saturated heterocycles. The molecule has 2 rings (SSSR count). The van der Waals surface area contributed by atoms with Gasteiger partial charge < -0.3 is 10.1 Å². The normalized spacial score (nSPS) is 11.8. The summed E-state index contributed by atoms with van der Waals surface area (Å²) in [4.78, 5) is 11.3. The van der Waals surface area contributed by atoms with Crippen molar-refractivity contribution in [3.8, 4) is 0 Å². The lowest BCUT2D eigenvalue weighted by molar-refractivity contribution is 0.0593. The number of hydrogen-bond donors (Lipinski definition) is 1. The third-order valence-corrected chi connectivity index (χ3v) is 3.17. The molecule has 110 valence electrons. The van der Waals surface area contributed by atoms with E-state index in [0.717, 1.165) is 0 Å². The van der Waals surface area contributed by atoms with Gasteiger partial charge in [0.1, 0.15) is 5.82 Å². The molecule has 5 heteroatoms. The van der Waals surface area contributed by atoms with Crippen molar-refractivity contribution in [1.29, 1.82) is 0 Å². The SMILES string of the molecule is COC(=O)c1ccc(NC(C)c2cc(C)cc(C)c2)nn1. The Morgan fingerprint density at radius 1 is 1.14 bits per heavy atom. The van der Waals surface area contributed by atoms with E-state index in [1.54, 1.807) is 12.1 Å². The van der Waals surface area contributed by atoms with Crippen LogP contribution in [0.15, 0.2) is 30.3 Å². The van der Waals surface area contributed by atoms with Crippen molar-refractivity contribution in [2.75, 3.05) is 12.4 Å². The second kappa shape index (κ2) is 6.35. The van der Waals surface area contributed by atoms with Gasteiger partial charge in [-0.15, -0.1) is 10.2 Å². The Balaban J connectivity index is 2.12. The first-order valence-corrected chi connectivity index (χ1v) is 6.76. The van der Waals surface area contributed by atoms with Crippen molar-refractivity contribution in [3.05, 3.63) is 52.7 Å². The quantitative estimate of drug-likeness (QED) is 0.875. The standard InChI is InChI=1S/C16H19N3O2/c1-10-7-11(2)9-13(8-10)12(3)17-15-6-5-14(18-19-15)16(20)21-4/h5-9,12H,1-4H3,(H,17,19). The van der Waals surface area contributed by atoms with Gasteiger partial charge in [0.15, 0.2) is 5.69 Å². The van der Waals surface area contributed by atoms with E-state index in [1.165, 1.54) is 23.8 Å². The average Bonchev–Trinajstić information content (AvgIpc) is 2.46. The summed E-state index contributed by atoms with van der Waals surface area (Å²) in [5.41, 5.74) is 3.84. The molecule has 0 spiro atoms. The monoisotopic (exact) mass is 285 g/mol. The maximum atomic E-state index is 11.3. The van der Waals surface area contributed by atoms with Gasteiger partial charge in [0.25, 0.3) is 0 Å². The van der Waals surface area contributed by atoms with Gasteiger partial charge in [-0.2, -0.15) is 0 Å². The molecule has 0 aliphatic heterocycles. The third-order valence-electron chi connectivity index (χ3n) is 3.17. The maximum Gasteiger partial charge on any atom is 0.358 e. The fourth-order valence-corrected chi connectivity index (χ4v) is 2.19. The Hall–Kier alpha value is -2.43.